The third-order valence-corrected chi connectivity index (χ3v) is 6.15. The van der Waals surface area contributed by atoms with Crippen LogP contribution in [0.3, 0.4) is 0 Å². The summed E-state index contributed by atoms with van der Waals surface area (Å²) in [6, 6.07) is 24.7. The molecule has 4 aromatic rings. The molecule has 2 aromatic carbocycles. The van der Waals surface area contributed by atoms with Crippen molar-refractivity contribution in [2.24, 2.45) is 0 Å². The van der Waals surface area contributed by atoms with Crippen molar-refractivity contribution in [3.8, 4) is 45.9 Å². The highest BCUT2D eigenvalue weighted by Gasteiger charge is 2.12. The molecule has 38 heavy (non-hydrogen) atoms. The highest BCUT2D eigenvalue weighted by molar-refractivity contribution is 5.79. The Hall–Kier alpha value is -5.06. The molecule has 2 aromatic heterocycles. The van der Waals surface area contributed by atoms with Gasteiger partial charge in [-0.15, -0.1) is 0 Å². The van der Waals surface area contributed by atoms with Gasteiger partial charge in [0.15, 0.2) is 0 Å². The van der Waals surface area contributed by atoms with Gasteiger partial charge in [-0.3, -0.25) is 0 Å². The SMILES string of the molecule is C/C(C#N)=C/C=C/c1ccc(-c2ccc(C)c(-c3cc(-c4ccc(/C=C/C=C(/C)C#N)o4)ccc3C)c2)o1. The number of hydrogen-bond acceptors (Lipinski definition) is 4. The van der Waals surface area contributed by atoms with E-state index in [4.69, 9.17) is 19.4 Å². The zero-order valence-electron chi connectivity index (χ0n) is 21.9. The topological polar surface area (TPSA) is 73.9 Å². The van der Waals surface area contributed by atoms with Gasteiger partial charge >= 0.3 is 0 Å². The maximum absolute atomic E-state index is 8.89. The lowest BCUT2D eigenvalue weighted by molar-refractivity contribution is 0.571. The van der Waals surface area contributed by atoms with Gasteiger partial charge in [-0.25, -0.2) is 0 Å². The van der Waals surface area contributed by atoms with Crippen LogP contribution in [0, 0.1) is 36.5 Å². The first-order valence-electron chi connectivity index (χ1n) is 12.3. The number of benzene rings is 2. The van der Waals surface area contributed by atoms with Crippen LogP contribution >= 0.6 is 0 Å². The van der Waals surface area contributed by atoms with E-state index in [-0.39, 0.29) is 0 Å². The van der Waals surface area contributed by atoms with Crippen LogP contribution in [0.1, 0.15) is 36.5 Å². The highest BCUT2D eigenvalue weighted by Crippen LogP contribution is 2.35. The zero-order valence-corrected chi connectivity index (χ0v) is 21.9. The van der Waals surface area contributed by atoms with Gasteiger partial charge in [-0.2, -0.15) is 10.5 Å². The molecule has 186 valence electrons. The Kier molecular flexibility index (Phi) is 8.07. The van der Waals surface area contributed by atoms with Gasteiger partial charge in [0.25, 0.3) is 0 Å². The van der Waals surface area contributed by atoms with Crippen molar-refractivity contribution >= 4 is 12.2 Å². The molecular formula is C34H28N2O2. The Morgan fingerprint density at radius 3 is 1.45 bits per heavy atom. The summed E-state index contributed by atoms with van der Waals surface area (Å²) in [5.41, 5.74) is 7.85. The molecule has 0 fully saturated rings. The van der Waals surface area contributed by atoms with E-state index in [0.717, 1.165) is 45.3 Å². The summed E-state index contributed by atoms with van der Waals surface area (Å²) >= 11 is 0. The Bertz CT molecular complexity index is 1550. The fourth-order valence-corrected chi connectivity index (χ4v) is 3.98. The minimum atomic E-state index is 0.638. The van der Waals surface area contributed by atoms with Crippen LogP contribution in [0.25, 0.3) is 45.9 Å². The number of nitrogens with zero attached hydrogens (tertiary/aromatic N) is 2. The van der Waals surface area contributed by atoms with Crippen molar-refractivity contribution in [2.45, 2.75) is 27.7 Å². The second-order valence-electron chi connectivity index (χ2n) is 9.10. The molecule has 0 radical (unpaired) electrons. The van der Waals surface area contributed by atoms with Crippen LogP contribution in [-0.4, -0.2) is 0 Å². The molecule has 0 aliphatic carbocycles. The molecule has 0 aliphatic heterocycles. The van der Waals surface area contributed by atoms with Gasteiger partial charge in [0.05, 0.1) is 12.1 Å². The van der Waals surface area contributed by atoms with Gasteiger partial charge < -0.3 is 8.83 Å². The van der Waals surface area contributed by atoms with Crippen molar-refractivity contribution < 1.29 is 8.83 Å². The van der Waals surface area contributed by atoms with Gasteiger partial charge in [-0.1, -0.05) is 36.4 Å². The molecule has 0 spiro atoms. The predicted molar refractivity (Wildman–Crippen MR) is 154 cm³/mol. The molecule has 0 saturated heterocycles. The summed E-state index contributed by atoms with van der Waals surface area (Å²) in [4.78, 5) is 0. The third kappa shape index (κ3) is 6.19. The average Bonchev–Trinajstić information content (AvgIpc) is 3.59. The molecular weight excluding hydrogens is 468 g/mol. The summed E-state index contributed by atoms with van der Waals surface area (Å²) in [5, 5.41) is 17.8. The van der Waals surface area contributed by atoms with Crippen LogP contribution in [0.2, 0.25) is 0 Å². The highest BCUT2D eigenvalue weighted by atomic mass is 16.3. The number of furan rings is 2. The Morgan fingerprint density at radius 1 is 0.632 bits per heavy atom. The van der Waals surface area contributed by atoms with Crippen LogP contribution in [-0.2, 0) is 0 Å². The molecule has 4 nitrogen and oxygen atoms in total. The lowest BCUT2D eigenvalue weighted by Crippen LogP contribution is -1.89. The minimum absolute atomic E-state index is 0.638. The number of aryl methyl sites for hydroxylation is 2. The number of allylic oxidation sites excluding steroid dienone is 6. The van der Waals surface area contributed by atoms with Gasteiger partial charge in [-0.05, 0) is 111 Å². The summed E-state index contributed by atoms with van der Waals surface area (Å²) in [6.07, 6.45) is 10.8. The summed E-state index contributed by atoms with van der Waals surface area (Å²) in [6.45, 7) is 7.75. The number of hydrogen-bond donors (Lipinski definition) is 0. The summed E-state index contributed by atoms with van der Waals surface area (Å²) in [5.74, 6) is 3.01. The van der Waals surface area contributed by atoms with Crippen LogP contribution in [0.15, 0.2) is 105 Å². The largest absolute Gasteiger partial charge is 0.457 e. The molecule has 4 rings (SSSR count). The number of rotatable bonds is 7. The molecule has 0 bridgehead atoms. The maximum Gasteiger partial charge on any atom is 0.134 e. The summed E-state index contributed by atoms with van der Waals surface area (Å²) < 4.78 is 12.1. The monoisotopic (exact) mass is 496 g/mol. The minimum Gasteiger partial charge on any atom is -0.457 e. The number of nitriles is 2. The van der Waals surface area contributed by atoms with E-state index in [1.54, 1.807) is 26.0 Å². The van der Waals surface area contributed by atoms with E-state index >= 15 is 0 Å². The Morgan fingerprint density at radius 2 is 1.05 bits per heavy atom. The van der Waals surface area contributed by atoms with Crippen LogP contribution in [0.5, 0.6) is 0 Å². The smallest absolute Gasteiger partial charge is 0.134 e. The van der Waals surface area contributed by atoms with E-state index in [0.29, 0.717) is 11.1 Å². The molecule has 0 unspecified atom stereocenters. The fraction of sp³-hybridized carbons (Fsp3) is 0.118. The van der Waals surface area contributed by atoms with Crippen molar-refractivity contribution in [3.63, 3.8) is 0 Å². The van der Waals surface area contributed by atoms with E-state index in [2.05, 4.69) is 62.4 Å². The van der Waals surface area contributed by atoms with E-state index in [1.807, 2.05) is 48.6 Å². The average molecular weight is 497 g/mol. The van der Waals surface area contributed by atoms with Gasteiger partial charge in [0.2, 0.25) is 0 Å². The second kappa shape index (κ2) is 11.8. The van der Waals surface area contributed by atoms with Crippen LogP contribution < -0.4 is 0 Å². The standard InChI is InChI=1S/C34H28N2O2/c1-23(21-35)7-5-9-29-15-17-33(37-29)27-13-11-25(3)31(19-27)32-20-28(14-12-26(32)4)34-18-16-30(38-34)10-6-8-24(2)22-36/h5-20H,1-4H3/b9-5+,10-6+,23-7-,24-8-. The Labute approximate surface area is 223 Å². The first-order chi connectivity index (χ1) is 18.4. The van der Waals surface area contributed by atoms with E-state index in [1.165, 1.54) is 11.1 Å². The molecule has 0 amide bonds. The molecule has 0 aliphatic rings. The van der Waals surface area contributed by atoms with E-state index in [9.17, 15) is 0 Å². The molecule has 0 N–H and O–H groups in total. The molecule has 2 heterocycles. The van der Waals surface area contributed by atoms with Crippen LogP contribution in [0.4, 0.5) is 0 Å². The summed E-state index contributed by atoms with van der Waals surface area (Å²) in [7, 11) is 0. The van der Waals surface area contributed by atoms with Gasteiger partial charge in [0.1, 0.15) is 23.0 Å². The molecule has 4 heteroatoms. The normalized spacial score (nSPS) is 12.3. The molecule has 0 saturated carbocycles. The fourth-order valence-electron chi connectivity index (χ4n) is 3.98. The first-order valence-corrected chi connectivity index (χ1v) is 12.3. The lowest BCUT2D eigenvalue weighted by Gasteiger charge is -2.12. The van der Waals surface area contributed by atoms with Crippen molar-refractivity contribution in [2.75, 3.05) is 0 Å². The third-order valence-electron chi connectivity index (χ3n) is 6.15. The van der Waals surface area contributed by atoms with Crippen molar-refractivity contribution in [3.05, 3.63) is 119 Å². The van der Waals surface area contributed by atoms with E-state index < -0.39 is 0 Å². The van der Waals surface area contributed by atoms with Crippen molar-refractivity contribution in [1.82, 2.24) is 0 Å². The quantitative estimate of drug-likeness (QED) is 0.189. The maximum atomic E-state index is 8.89. The second-order valence-corrected chi connectivity index (χ2v) is 9.10. The molecule has 0 atom stereocenters. The predicted octanol–water partition coefficient (Wildman–Crippen LogP) is 9.46. The van der Waals surface area contributed by atoms with Gasteiger partial charge in [0, 0.05) is 22.3 Å². The zero-order chi connectivity index (χ0) is 27.1. The van der Waals surface area contributed by atoms with Crippen molar-refractivity contribution in [1.29, 1.82) is 10.5 Å². The first kappa shape index (κ1) is 26.0. The Balaban J connectivity index is 1.64. The lowest BCUT2D eigenvalue weighted by atomic mass is 9.92.